The Bertz CT molecular complexity index is 360. The Morgan fingerprint density at radius 2 is 2.33 bits per heavy atom. The van der Waals surface area contributed by atoms with Crippen molar-refractivity contribution in [1.29, 1.82) is 0 Å². The Kier molecular flexibility index (Phi) is 2.22. The molecule has 1 aliphatic heterocycles. The Morgan fingerprint density at radius 1 is 1.60 bits per heavy atom. The summed E-state index contributed by atoms with van der Waals surface area (Å²) < 4.78 is 5.26. The van der Waals surface area contributed by atoms with Gasteiger partial charge in [0.1, 0.15) is 6.10 Å². The monoisotopic (exact) mass is 209 g/mol. The number of nitrogens with one attached hydrogen (secondary N) is 1. The summed E-state index contributed by atoms with van der Waals surface area (Å²) in [5, 5.41) is 11.5. The number of hydrogen-bond acceptors (Lipinski definition) is 3. The van der Waals surface area contributed by atoms with Gasteiger partial charge in [-0.2, -0.15) is 0 Å². The quantitative estimate of drug-likeness (QED) is 0.472. The van der Waals surface area contributed by atoms with Gasteiger partial charge in [0.15, 0.2) is 5.76 Å². The van der Waals surface area contributed by atoms with Crippen LogP contribution in [0.1, 0.15) is 6.42 Å². The van der Waals surface area contributed by atoms with Crippen LogP contribution in [-0.4, -0.2) is 29.1 Å². The second-order valence-electron chi connectivity index (χ2n) is 3.64. The molecule has 0 radical (unpaired) electrons. The third-order valence-corrected chi connectivity index (χ3v) is 2.60. The molecule has 2 aliphatic rings. The number of carboxylic acid groups (broad SMARTS) is 1. The molecular weight excluding hydrogens is 198 g/mol. The van der Waals surface area contributed by atoms with E-state index in [-0.39, 0.29) is 23.8 Å². The average Bonchev–Trinajstić information content (AvgIpc) is 2.19. The fourth-order valence-corrected chi connectivity index (χ4v) is 1.77. The van der Waals surface area contributed by atoms with Crippen LogP contribution in [0.3, 0.4) is 0 Å². The van der Waals surface area contributed by atoms with Crippen molar-refractivity contribution in [3.8, 4) is 0 Å². The van der Waals surface area contributed by atoms with Gasteiger partial charge in [0.2, 0.25) is 0 Å². The molecule has 0 bridgehead atoms. The highest BCUT2D eigenvalue weighted by Crippen LogP contribution is 2.25. The van der Waals surface area contributed by atoms with Gasteiger partial charge >= 0.3 is 5.97 Å². The summed E-state index contributed by atoms with van der Waals surface area (Å²) in [7, 11) is 0. The van der Waals surface area contributed by atoms with Gasteiger partial charge in [0.05, 0.1) is 12.0 Å². The topological polar surface area (TPSA) is 75.6 Å². The third kappa shape index (κ3) is 1.72. The van der Waals surface area contributed by atoms with Gasteiger partial charge in [-0.15, -0.1) is 0 Å². The van der Waals surface area contributed by atoms with Gasteiger partial charge in [-0.3, -0.25) is 9.59 Å². The molecule has 0 saturated carbocycles. The van der Waals surface area contributed by atoms with E-state index in [0.717, 1.165) is 0 Å². The van der Waals surface area contributed by atoms with E-state index < -0.39 is 11.9 Å². The summed E-state index contributed by atoms with van der Waals surface area (Å²) in [5.41, 5.74) is 0. The molecule has 1 aliphatic carbocycles. The number of hydrogen-bond donors (Lipinski definition) is 2. The zero-order chi connectivity index (χ0) is 11.0. The van der Waals surface area contributed by atoms with E-state index in [1.807, 2.05) is 0 Å². The fraction of sp³-hybridized carbons (Fsp3) is 0.400. The van der Waals surface area contributed by atoms with Crippen molar-refractivity contribution in [2.24, 2.45) is 5.92 Å². The van der Waals surface area contributed by atoms with Gasteiger partial charge < -0.3 is 15.2 Å². The lowest BCUT2D eigenvalue weighted by Crippen LogP contribution is -2.51. The van der Waals surface area contributed by atoms with Crippen molar-refractivity contribution in [1.82, 2.24) is 5.32 Å². The van der Waals surface area contributed by atoms with Crippen molar-refractivity contribution >= 4 is 11.9 Å². The Balaban J connectivity index is 2.15. The zero-order valence-electron chi connectivity index (χ0n) is 7.97. The smallest absolute Gasteiger partial charge is 0.310 e. The van der Waals surface area contributed by atoms with Crippen LogP contribution in [0.4, 0.5) is 0 Å². The summed E-state index contributed by atoms with van der Waals surface area (Å²) in [5.74, 6) is -1.71. The van der Waals surface area contributed by atoms with Crippen LogP contribution in [0.25, 0.3) is 0 Å². The molecule has 80 valence electrons. The molecule has 1 saturated heterocycles. The van der Waals surface area contributed by atoms with Gasteiger partial charge in [-0.1, -0.05) is 18.7 Å². The van der Waals surface area contributed by atoms with Crippen LogP contribution in [0.15, 0.2) is 24.5 Å². The molecular formula is C10H11NO4. The number of carbonyl (C=O) groups is 2. The van der Waals surface area contributed by atoms with E-state index in [0.29, 0.717) is 6.42 Å². The summed E-state index contributed by atoms with van der Waals surface area (Å²) in [4.78, 5) is 21.9. The maximum absolute atomic E-state index is 11.2. The van der Waals surface area contributed by atoms with Crippen molar-refractivity contribution in [2.75, 3.05) is 0 Å². The molecule has 1 amide bonds. The molecule has 3 atom stereocenters. The average molecular weight is 209 g/mol. The van der Waals surface area contributed by atoms with E-state index in [1.54, 1.807) is 12.2 Å². The van der Waals surface area contributed by atoms with E-state index in [9.17, 15) is 9.59 Å². The Labute approximate surface area is 86.4 Å². The summed E-state index contributed by atoms with van der Waals surface area (Å²) in [6.07, 6.45) is 3.29. The minimum absolute atomic E-state index is 0.0516. The molecule has 2 rings (SSSR count). The second kappa shape index (κ2) is 3.42. The second-order valence-corrected chi connectivity index (χ2v) is 3.64. The number of amides is 1. The molecule has 1 fully saturated rings. The molecule has 0 aromatic rings. The SMILES string of the molecule is C=C1O[C@@H]2C[C@H](C(=O)O)C=C[C@@H]2NC1=O. The van der Waals surface area contributed by atoms with E-state index >= 15 is 0 Å². The van der Waals surface area contributed by atoms with Crippen LogP contribution < -0.4 is 5.32 Å². The fourth-order valence-electron chi connectivity index (χ4n) is 1.77. The van der Waals surface area contributed by atoms with Crippen molar-refractivity contribution in [3.05, 3.63) is 24.5 Å². The normalized spacial score (nSPS) is 34.0. The van der Waals surface area contributed by atoms with Gasteiger partial charge in [0.25, 0.3) is 5.91 Å². The highest BCUT2D eigenvalue weighted by atomic mass is 16.5. The molecule has 1 heterocycles. The molecule has 0 aromatic heterocycles. The summed E-state index contributed by atoms with van der Waals surface area (Å²) in [6.45, 7) is 3.45. The first kappa shape index (κ1) is 9.76. The van der Waals surface area contributed by atoms with Crippen molar-refractivity contribution < 1.29 is 19.4 Å². The molecule has 15 heavy (non-hydrogen) atoms. The Morgan fingerprint density at radius 3 is 3.00 bits per heavy atom. The lowest BCUT2D eigenvalue weighted by Gasteiger charge is -2.35. The number of rotatable bonds is 1. The van der Waals surface area contributed by atoms with E-state index in [1.165, 1.54) is 0 Å². The number of ether oxygens (including phenoxy) is 1. The van der Waals surface area contributed by atoms with Crippen LogP contribution in [0, 0.1) is 5.92 Å². The molecule has 0 aromatic carbocycles. The van der Waals surface area contributed by atoms with Crippen molar-refractivity contribution in [2.45, 2.75) is 18.6 Å². The van der Waals surface area contributed by atoms with Gasteiger partial charge in [-0.05, 0) is 0 Å². The number of aliphatic carboxylic acids is 1. The maximum atomic E-state index is 11.2. The first-order chi connectivity index (χ1) is 7.08. The molecule has 0 unspecified atom stereocenters. The molecule has 5 heteroatoms. The number of fused-ring (bicyclic) bond motifs is 1. The minimum atomic E-state index is -0.879. The number of carboxylic acids is 1. The largest absolute Gasteiger partial charge is 0.483 e. The van der Waals surface area contributed by atoms with Crippen LogP contribution >= 0.6 is 0 Å². The van der Waals surface area contributed by atoms with Crippen molar-refractivity contribution in [3.63, 3.8) is 0 Å². The highest BCUT2D eigenvalue weighted by Gasteiger charge is 2.36. The molecule has 0 spiro atoms. The molecule has 2 N–H and O–H groups in total. The lowest BCUT2D eigenvalue weighted by molar-refractivity contribution is -0.142. The number of carbonyl (C=O) groups excluding carboxylic acids is 1. The van der Waals surface area contributed by atoms with Gasteiger partial charge in [0, 0.05) is 6.42 Å². The van der Waals surface area contributed by atoms with E-state index in [2.05, 4.69) is 11.9 Å². The standard InChI is InChI=1S/C10H11NO4/c1-5-9(12)11-7-3-2-6(10(13)14)4-8(7)15-5/h2-3,6-8H,1,4H2,(H,11,12)(H,13,14)/t6-,7+,8-/m1/s1. The van der Waals surface area contributed by atoms with Crippen LogP contribution in [0.5, 0.6) is 0 Å². The first-order valence-corrected chi connectivity index (χ1v) is 4.65. The first-order valence-electron chi connectivity index (χ1n) is 4.65. The maximum Gasteiger partial charge on any atom is 0.310 e. The van der Waals surface area contributed by atoms with Gasteiger partial charge in [-0.25, -0.2) is 0 Å². The van der Waals surface area contributed by atoms with Crippen LogP contribution in [-0.2, 0) is 14.3 Å². The predicted octanol–water partition coefficient (Wildman–Crippen LogP) is 0.0444. The summed E-state index contributed by atoms with van der Waals surface area (Å²) in [6, 6.07) is -0.237. The lowest BCUT2D eigenvalue weighted by atomic mass is 9.89. The predicted molar refractivity (Wildman–Crippen MR) is 50.8 cm³/mol. The minimum Gasteiger partial charge on any atom is -0.483 e. The zero-order valence-corrected chi connectivity index (χ0v) is 7.97. The van der Waals surface area contributed by atoms with Crippen LogP contribution in [0.2, 0.25) is 0 Å². The third-order valence-electron chi connectivity index (χ3n) is 2.60. The highest BCUT2D eigenvalue weighted by molar-refractivity contribution is 5.92. The molecule has 5 nitrogen and oxygen atoms in total. The number of morpholine rings is 1. The Hall–Kier alpha value is -1.78. The summed E-state index contributed by atoms with van der Waals surface area (Å²) >= 11 is 0. The van der Waals surface area contributed by atoms with E-state index in [4.69, 9.17) is 9.84 Å².